The van der Waals surface area contributed by atoms with Crippen LogP contribution >= 0.6 is 0 Å². The van der Waals surface area contributed by atoms with Crippen LogP contribution < -0.4 is 10.4 Å². The van der Waals surface area contributed by atoms with Crippen molar-refractivity contribution in [1.29, 1.82) is 0 Å². The maximum absolute atomic E-state index is 11.5. The van der Waals surface area contributed by atoms with Crippen molar-refractivity contribution in [3.8, 4) is 5.75 Å². The van der Waals surface area contributed by atoms with E-state index < -0.39 is 6.10 Å². The normalized spacial score (nSPS) is 22.9. The van der Waals surface area contributed by atoms with Gasteiger partial charge in [-0.1, -0.05) is 0 Å². The molecule has 0 unspecified atom stereocenters. The van der Waals surface area contributed by atoms with Crippen molar-refractivity contribution in [2.24, 2.45) is 0 Å². The first kappa shape index (κ1) is 17.9. The number of hydrogen-bond donors (Lipinski definition) is 1. The lowest BCUT2D eigenvalue weighted by atomic mass is 10.1. The fourth-order valence-corrected chi connectivity index (χ4v) is 3.37. The van der Waals surface area contributed by atoms with E-state index in [9.17, 15) is 9.90 Å². The summed E-state index contributed by atoms with van der Waals surface area (Å²) in [6, 6.07) is 6.84. The average Bonchev–Trinajstić information content (AvgIpc) is 2.51. The van der Waals surface area contributed by atoms with E-state index in [4.69, 9.17) is 13.9 Å². The number of aliphatic hydroxyl groups is 1. The summed E-state index contributed by atoms with van der Waals surface area (Å²) in [7, 11) is 0. The third kappa shape index (κ3) is 4.60. The van der Waals surface area contributed by atoms with Crippen molar-refractivity contribution in [3.05, 3.63) is 40.2 Å². The lowest BCUT2D eigenvalue weighted by Gasteiger charge is -2.36. The van der Waals surface area contributed by atoms with E-state index in [-0.39, 0.29) is 24.4 Å². The van der Waals surface area contributed by atoms with E-state index in [0.717, 1.165) is 24.0 Å². The number of morpholine rings is 1. The quantitative estimate of drug-likeness (QED) is 0.834. The Morgan fingerprint density at radius 2 is 2.00 bits per heavy atom. The predicted molar refractivity (Wildman–Crippen MR) is 95.2 cm³/mol. The number of aryl methyl sites for hydroxylation is 1. The van der Waals surface area contributed by atoms with Gasteiger partial charge < -0.3 is 19.0 Å². The van der Waals surface area contributed by atoms with E-state index >= 15 is 0 Å². The monoisotopic (exact) mass is 347 g/mol. The molecule has 25 heavy (non-hydrogen) atoms. The van der Waals surface area contributed by atoms with Gasteiger partial charge >= 0.3 is 5.63 Å². The third-order valence-corrected chi connectivity index (χ3v) is 4.33. The second kappa shape index (κ2) is 7.56. The van der Waals surface area contributed by atoms with E-state index in [1.54, 1.807) is 6.07 Å². The van der Waals surface area contributed by atoms with Crippen molar-refractivity contribution >= 4 is 11.0 Å². The number of β-amino-alcohol motifs (C(OH)–C–C–N with tert-alkyl or cyclic N) is 1. The van der Waals surface area contributed by atoms with Gasteiger partial charge in [-0.15, -0.1) is 0 Å². The maximum atomic E-state index is 11.5. The van der Waals surface area contributed by atoms with E-state index in [2.05, 4.69) is 4.90 Å². The molecule has 3 atom stereocenters. The second-order valence-corrected chi connectivity index (χ2v) is 6.85. The van der Waals surface area contributed by atoms with Gasteiger partial charge in [-0.25, -0.2) is 4.79 Å². The number of aliphatic hydroxyl groups excluding tert-OH is 1. The second-order valence-electron chi connectivity index (χ2n) is 6.85. The summed E-state index contributed by atoms with van der Waals surface area (Å²) in [4.78, 5) is 13.7. The molecular weight excluding hydrogens is 322 g/mol. The lowest BCUT2D eigenvalue weighted by Crippen LogP contribution is -2.48. The van der Waals surface area contributed by atoms with Crippen LogP contribution in [0.1, 0.15) is 19.4 Å². The first-order valence-corrected chi connectivity index (χ1v) is 8.64. The summed E-state index contributed by atoms with van der Waals surface area (Å²) in [5, 5.41) is 11.1. The van der Waals surface area contributed by atoms with Gasteiger partial charge in [0.2, 0.25) is 0 Å². The van der Waals surface area contributed by atoms with Gasteiger partial charge in [-0.3, -0.25) is 4.90 Å². The van der Waals surface area contributed by atoms with Crippen LogP contribution in [0.25, 0.3) is 11.0 Å². The molecule has 1 fully saturated rings. The molecule has 6 heteroatoms. The highest BCUT2D eigenvalue weighted by molar-refractivity contribution is 5.81. The summed E-state index contributed by atoms with van der Waals surface area (Å²) in [6.07, 6.45) is -0.260. The van der Waals surface area contributed by atoms with Crippen molar-refractivity contribution in [3.63, 3.8) is 0 Å². The van der Waals surface area contributed by atoms with Crippen LogP contribution in [0, 0.1) is 6.92 Å². The van der Waals surface area contributed by atoms with Crippen LogP contribution in [0.3, 0.4) is 0 Å². The molecule has 136 valence electrons. The summed E-state index contributed by atoms with van der Waals surface area (Å²) in [5.41, 5.74) is 0.985. The Morgan fingerprint density at radius 3 is 2.72 bits per heavy atom. The highest BCUT2D eigenvalue weighted by Crippen LogP contribution is 2.22. The number of rotatable bonds is 5. The Bertz CT molecular complexity index is 777. The van der Waals surface area contributed by atoms with Gasteiger partial charge in [0.25, 0.3) is 0 Å². The average molecular weight is 347 g/mol. The van der Waals surface area contributed by atoms with Crippen LogP contribution in [0.2, 0.25) is 0 Å². The smallest absolute Gasteiger partial charge is 0.336 e. The van der Waals surface area contributed by atoms with E-state index in [1.807, 2.05) is 32.9 Å². The van der Waals surface area contributed by atoms with Crippen LogP contribution in [0.5, 0.6) is 5.75 Å². The Balaban J connectivity index is 1.59. The molecule has 1 aromatic heterocycles. The highest BCUT2D eigenvalue weighted by atomic mass is 16.5. The van der Waals surface area contributed by atoms with Crippen molar-refractivity contribution in [2.75, 3.05) is 26.2 Å². The van der Waals surface area contributed by atoms with Crippen molar-refractivity contribution in [2.45, 2.75) is 39.1 Å². The fourth-order valence-electron chi connectivity index (χ4n) is 3.37. The molecule has 3 rings (SSSR count). The van der Waals surface area contributed by atoms with Gasteiger partial charge in [0, 0.05) is 37.2 Å². The number of benzene rings is 1. The van der Waals surface area contributed by atoms with Gasteiger partial charge in [0.15, 0.2) is 0 Å². The lowest BCUT2D eigenvalue weighted by molar-refractivity contribution is -0.0786. The van der Waals surface area contributed by atoms with Gasteiger partial charge in [0.1, 0.15) is 24.0 Å². The molecule has 1 N–H and O–H groups in total. The number of fused-ring (bicyclic) bond motifs is 1. The molecule has 1 saturated heterocycles. The van der Waals surface area contributed by atoms with Crippen molar-refractivity contribution in [1.82, 2.24) is 4.90 Å². The minimum Gasteiger partial charge on any atom is -0.491 e. The molecule has 0 radical (unpaired) electrons. The topological polar surface area (TPSA) is 72.1 Å². The molecular formula is C19H25NO5. The molecule has 2 aromatic rings. The third-order valence-electron chi connectivity index (χ3n) is 4.33. The summed E-state index contributed by atoms with van der Waals surface area (Å²) in [6.45, 7) is 8.28. The predicted octanol–water partition coefficient (Wildman–Crippen LogP) is 1.95. The van der Waals surface area contributed by atoms with Crippen molar-refractivity contribution < 1.29 is 19.0 Å². The first-order chi connectivity index (χ1) is 11.9. The molecule has 0 saturated carbocycles. The first-order valence-electron chi connectivity index (χ1n) is 8.64. The van der Waals surface area contributed by atoms with Gasteiger partial charge in [-0.05, 0) is 38.5 Å². The SMILES string of the molecule is Cc1cc(=O)oc2cc(OC[C@@H](O)CN3C[C@@H](C)O[C@@H](C)C3)ccc12. The molecule has 0 bridgehead atoms. The summed E-state index contributed by atoms with van der Waals surface area (Å²) < 4.78 is 16.6. The zero-order chi connectivity index (χ0) is 18.0. The Kier molecular flexibility index (Phi) is 5.42. The highest BCUT2D eigenvalue weighted by Gasteiger charge is 2.24. The molecule has 6 nitrogen and oxygen atoms in total. The molecule has 2 heterocycles. The summed E-state index contributed by atoms with van der Waals surface area (Å²) >= 11 is 0. The zero-order valence-electron chi connectivity index (χ0n) is 14.9. The minimum atomic E-state index is -0.599. The fraction of sp³-hybridized carbons (Fsp3) is 0.526. The largest absolute Gasteiger partial charge is 0.491 e. The van der Waals surface area contributed by atoms with Crippen LogP contribution in [0.4, 0.5) is 0 Å². The maximum Gasteiger partial charge on any atom is 0.336 e. The molecule has 0 aliphatic carbocycles. The van der Waals surface area contributed by atoms with E-state index in [0.29, 0.717) is 17.9 Å². The molecule has 0 amide bonds. The number of hydrogen-bond acceptors (Lipinski definition) is 6. The molecule has 1 aromatic carbocycles. The van der Waals surface area contributed by atoms with E-state index in [1.165, 1.54) is 6.07 Å². The van der Waals surface area contributed by atoms with Crippen LogP contribution in [0.15, 0.2) is 33.5 Å². The van der Waals surface area contributed by atoms with Gasteiger partial charge in [0.05, 0.1) is 12.2 Å². The Hall–Kier alpha value is -1.89. The molecule has 1 aliphatic rings. The minimum absolute atomic E-state index is 0.170. The zero-order valence-corrected chi connectivity index (χ0v) is 14.9. The molecule has 1 aliphatic heterocycles. The standard InChI is InChI=1S/C19H25NO5/c1-12-6-19(22)25-18-7-16(4-5-17(12)18)23-11-15(21)10-20-8-13(2)24-14(3)9-20/h4-7,13-15,21H,8-11H2,1-3H3/t13-,14+,15-/m0/s1. The number of nitrogens with zero attached hydrogens (tertiary/aromatic N) is 1. The molecule has 0 spiro atoms. The van der Waals surface area contributed by atoms with Gasteiger partial charge in [-0.2, -0.15) is 0 Å². The van der Waals surface area contributed by atoms with Crippen LogP contribution in [-0.4, -0.2) is 54.6 Å². The Labute approximate surface area is 147 Å². The summed E-state index contributed by atoms with van der Waals surface area (Å²) in [5.74, 6) is 0.573. The Morgan fingerprint density at radius 1 is 1.28 bits per heavy atom. The number of ether oxygens (including phenoxy) is 2. The van der Waals surface area contributed by atoms with Crippen LogP contribution in [-0.2, 0) is 4.74 Å².